The van der Waals surface area contributed by atoms with Gasteiger partial charge in [-0.2, -0.15) is 0 Å². The van der Waals surface area contributed by atoms with Crippen LogP contribution in [-0.2, 0) is 16.0 Å². The number of rotatable bonds is 8. The molecule has 0 fully saturated rings. The van der Waals surface area contributed by atoms with E-state index in [1.54, 1.807) is 7.11 Å². The summed E-state index contributed by atoms with van der Waals surface area (Å²) in [4.78, 5) is 24.2. The highest BCUT2D eigenvalue weighted by atomic mass is 16.5. The Labute approximate surface area is 165 Å². The highest BCUT2D eigenvalue weighted by Gasteiger charge is 2.20. The van der Waals surface area contributed by atoms with Gasteiger partial charge in [0.05, 0.1) is 19.4 Å². The lowest BCUT2D eigenvalue weighted by molar-refractivity contribution is -0.133. The number of hydrazine groups is 1. The topological polar surface area (TPSA) is 70.7 Å². The first-order chi connectivity index (χ1) is 13.7. The summed E-state index contributed by atoms with van der Waals surface area (Å²) in [6, 6.07) is 17.6. The first-order valence-corrected chi connectivity index (χ1v) is 9.38. The fraction of sp³-hybridized carbons (Fsp3) is 0.273. The SMILES string of the molecule is COc1ccc(C2=CCC(=O)N(CCC(=O)NCCc3ccccc3)N2)cc1. The number of nitrogens with zero attached hydrogens (tertiary/aromatic N) is 1. The first-order valence-electron chi connectivity index (χ1n) is 9.38. The number of benzene rings is 2. The lowest BCUT2D eigenvalue weighted by Gasteiger charge is -2.29. The van der Waals surface area contributed by atoms with Crippen LogP contribution < -0.4 is 15.5 Å². The monoisotopic (exact) mass is 379 g/mol. The van der Waals surface area contributed by atoms with Crippen LogP contribution in [0.15, 0.2) is 60.7 Å². The van der Waals surface area contributed by atoms with Crippen LogP contribution in [0.3, 0.4) is 0 Å². The molecule has 2 N–H and O–H groups in total. The van der Waals surface area contributed by atoms with Crippen LogP contribution >= 0.6 is 0 Å². The molecule has 6 heteroatoms. The van der Waals surface area contributed by atoms with Crippen molar-refractivity contribution >= 4 is 17.5 Å². The number of hydrogen-bond donors (Lipinski definition) is 2. The number of hydrogen-bond acceptors (Lipinski definition) is 4. The molecule has 0 saturated heterocycles. The molecule has 0 atom stereocenters. The molecule has 2 aromatic rings. The predicted molar refractivity (Wildman–Crippen MR) is 108 cm³/mol. The first kappa shape index (κ1) is 19.5. The standard InChI is InChI=1S/C22H25N3O3/c1-28-19-9-7-18(8-10-19)20-11-12-22(27)25(24-20)16-14-21(26)23-15-13-17-5-3-2-4-6-17/h2-11,24H,12-16H2,1H3,(H,23,26). The highest BCUT2D eigenvalue weighted by Crippen LogP contribution is 2.20. The fourth-order valence-corrected chi connectivity index (χ4v) is 2.98. The van der Waals surface area contributed by atoms with E-state index in [0.717, 1.165) is 23.4 Å². The summed E-state index contributed by atoms with van der Waals surface area (Å²) in [7, 11) is 1.62. The van der Waals surface area contributed by atoms with Gasteiger partial charge in [-0.15, -0.1) is 0 Å². The van der Waals surface area contributed by atoms with Gasteiger partial charge in [0.25, 0.3) is 0 Å². The molecule has 0 spiro atoms. The number of nitrogens with one attached hydrogen (secondary N) is 2. The van der Waals surface area contributed by atoms with Crippen LogP contribution in [0.25, 0.3) is 5.70 Å². The summed E-state index contributed by atoms with van der Waals surface area (Å²) in [6.07, 6.45) is 3.21. The van der Waals surface area contributed by atoms with E-state index in [0.29, 0.717) is 19.5 Å². The number of amides is 2. The van der Waals surface area contributed by atoms with Gasteiger partial charge in [0.1, 0.15) is 5.75 Å². The molecule has 0 radical (unpaired) electrons. The Morgan fingerprint density at radius 2 is 1.89 bits per heavy atom. The van der Waals surface area contributed by atoms with Crippen molar-refractivity contribution in [2.45, 2.75) is 19.3 Å². The van der Waals surface area contributed by atoms with E-state index in [9.17, 15) is 9.59 Å². The molecule has 2 aromatic carbocycles. The van der Waals surface area contributed by atoms with Gasteiger partial charge < -0.3 is 10.1 Å². The Bertz CT molecular complexity index is 832. The minimum absolute atomic E-state index is 0.0469. The van der Waals surface area contributed by atoms with Crippen molar-refractivity contribution in [1.82, 2.24) is 15.8 Å². The smallest absolute Gasteiger partial charge is 0.244 e. The Morgan fingerprint density at radius 3 is 2.61 bits per heavy atom. The molecule has 0 aromatic heterocycles. The summed E-state index contributed by atoms with van der Waals surface area (Å²) >= 11 is 0. The van der Waals surface area contributed by atoms with E-state index in [1.807, 2.05) is 60.7 Å². The van der Waals surface area contributed by atoms with Gasteiger partial charge in [-0.3, -0.25) is 20.0 Å². The zero-order valence-corrected chi connectivity index (χ0v) is 16.0. The summed E-state index contributed by atoms with van der Waals surface area (Å²) in [5.41, 5.74) is 6.12. The maximum atomic E-state index is 12.2. The fourth-order valence-electron chi connectivity index (χ4n) is 2.98. The molecule has 1 aliphatic heterocycles. The van der Waals surface area contributed by atoms with Crippen molar-refractivity contribution in [2.24, 2.45) is 0 Å². The molecule has 1 heterocycles. The number of carbonyl (C=O) groups excluding carboxylic acids is 2. The Morgan fingerprint density at radius 1 is 1.14 bits per heavy atom. The van der Waals surface area contributed by atoms with Crippen LogP contribution in [0.4, 0.5) is 0 Å². The van der Waals surface area contributed by atoms with E-state index in [4.69, 9.17) is 4.74 Å². The summed E-state index contributed by atoms with van der Waals surface area (Å²) < 4.78 is 5.17. The molecule has 0 aliphatic carbocycles. The second kappa shape index (κ2) is 9.60. The van der Waals surface area contributed by atoms with Crippen molar-refractivity contribution in [2.75, 3.05) is 20.2 Å². The van der Waals surface area contributed by atoms with Crippen molar-refractivity contribution < 1.29 is 14.3 Å². The molecule has 0 bridgehead atoms. The van der Waals surface area contributed by atoms with E-state index in [-0.39, 0.29) is 18.2 Å². The predicted octanol–water partition coefficient (Wildman–Crippen LogP) is 2.52. The molecular weight excluding hydrogens is 354 g/mol. The Kier molecular flexibility index (Phi) is 6.68. The molecule has 2 amide bonds. The minimum atomic E-state index is -0.0638. The zero-order valence-electron chi connectivity index (χ0n) is 16.0. The van der Waals surface area contributed by atoms with E-state index in [2.05, 4.69) is 10.7 Å². The van der Waals surface area contributed by atoms with Crippen LogP contribution in [-0.4, -0.2) is 37.0 Å². The molecule has 146 valence electrons. The lowest BCUT2D eigenvalue weighted by Crippen LogP contribution is -2.46. The third kappa shape index (κ3) is 5.36. The highest BCUT2D eigenvalue weighted by molar-refractivity contribution is 5.84. The average molecular weight is 379 g/mol. The largest absolute Gasteiger partial charge is 0.497 e. The van der Waals surface area contributed by atoms with Crippen molar-refractivity contribution in [3.8, 4) is 5.75 Å². The third-order valence-electron chi connectivity index (χ3n) is 4.58. The molecule has 0 saturated carbocycles. The van der Waals surface area contributed by atoms with Gasteiger partial charge in [-0.25, -0.2) is 0 Å². The van der Waals surface area contributed by atoms with Crippen LogP contribution in [0.2, 0.25) is 0 Å². The molecular formula is C22H25N3O3. The summed E-state index contributed by atoms with van der Waals surface area (Å²) in [6.45, 7) is 0.907. The van der Waals surface area contributed by atoms with Gasteiger partial charge in [-0.05, 0) is 47.9 Å². The molecule has 28 heavy (non-hydrogen) atoms. The number of carbonyl (C=O) groups is 2. The van der Waals surface area contributed by atoms with Gasteiger partial charge in [0, 0.05) is 19.4 Å². The molecule has 6 nitrogen and oxygen atoms in total. The van der Waals surface area contributed by atoms with Gasteiger partial charge in [-0.1, -0.05) is 30.3 Å². The second-order valence-electron chi connectivity index (χ2n) is 6.54. The molecule has 0 unspecified atom stereocenters. The third-order valence-corrected chi connectivity index (χ3v) is 4.58. The number of ether oxygens (including phenoxy) is 1. The van der Waals surface area contributed by atoms with E-state index in [1.165, 1.54) is 10.6 Å². The van der Waals surface area contributed by atoms with Crippen LogP contribution in [0.1, 0.15) is 24.0 Å². The van der Waals surface area contributed by atoms with Gasteiger partial charge in [0.2, 0.25) is 11.8 Å². The van der Waals surface area contributed by atoms with Crippen molar-refractivity contribution in [3.63, 3.8) is 0 Å². The lowest BCUT2D eigenvalue weighted by atomic mass is 10.1. The Balaban J connectivity index is 1.46. The van der Waals surface area contributed by atoms with Crippen LogP contribution in [0.5, 0.6) is 5.75 Å². The second-order valence-corrected chi connectivity index (χ2v) is 6.54. The van der Waals surface area contributed by atoms with E-state index < -0.39 is 0 Å². The van der Waals surface area contributed by atoms with Crippen LogP contribution in [0, 0.1) is 0 Å². The van der Waals surface area contributed by atoms with Crippen molar-refractivity contribution in [3.05, 3.63) is 71.8 Å². The van der Waals surface area contributed by atoms with Gasteiger partial charge >= 0.3 is 0 Å². The quantitative estimate of drug-likeness (QED) is 0.739. The minimum Gasteiger partial charge on any atom is -0.497 e. The maximum absolute atomic E-state index is 12.2. The Hall–Kier alpha value is -3.28. The van der Waals surface area contributed by atoms with Crippen molar-refractivity contribution in [1.29, 1.82) is 0 Å². The summed E-state index contributed by atoms with van der Waals surface area (Å²) in [5.74, 6) is 0.667. The van der Waals surface area contributed by atoms with Gasteiger partial charge in [0.15, 0.2) is 0 Å². The normalized spacial score (nSPS) is 13.5. The zero-order chi connectivity index (χ0) is 19.8. The summed E-state index contributed by atoms with van der Waals surface area (Å²) in [5, 5.41) is 4.42. The average Bonchev–Trinajstić information content (AvgIpc) is 2.74. The van der Waals surface area contributed by atoms with E-state index >= 15 is 0 Å². The number of methoxy groups -OCH3 is 1. The molecule has 3 rings (SSSR count). The molecule has 1 aliphatic rings. The maximum Gasteiger partial charge on any atom is 0.244 e.